The van der Waals surface area contributed by atoms with Crippen molar-refractivity contribution in [2.45, 2.75) is 70.6 Å². The van der Waals surface area contributed by atoms with Gasteiger partial charge >= 0.3 is 0 Å². The highest BCUT2D eigenvalue weighted by Crippen LogP contribution is 2.60. The van der Waals surface area contributed by atoms with Crippen LogP contribution in [0.3, 0.4) is 0 Å². The summed E-state index contributed by atoms with van der Waals surface area (Å²) < 4.78 is 0. The molecule has 3 aliphatic carbocycles. The molecule has 0 heterocycles. The average Bonchev–Trinajstić information content (AvgIpc) is 3.13. The number of allylic oxidation sites excluding steroid dienone is 4. The van der Waals surface area contributed by atoms with Crippen LogP contribution in [0.15, 0.2) is 42.0 Å². The van der Waals surface area contributed by atoms with Gasteiger partial charge in [-0.1, -0.05) is 77.0 Å². The smallest absolute Gasteiger partial charge is 0.00957 e. The second-order valence-electron chi connectivity index (χ2n) is 8.60. The Morgan fingerprint density at radius 1 is 1.00 bits per heavy atom. The maximum absolute atomic E-state index is 2.65. The molecule has 0 aliphatic heterocycles. The lowest BCUT2D eigenvalue weighted by Crippen LogP contribution is -2.29. The molecule has 0 aromatic heterocycles. The zero-order valence-corrected chi connectivity index (χ0v) is 15.1. The summed E-state index contributed by atoms with van der Waals surface area (Å²) in [6.45, 7) is 9.30. The molecule has 1 saturated carbocycles. The third-order valence-corrected chi connectivity index (χ3v) is 6.69. The van der Waals surface area contributed by atoms with Gasteiger partial charge in [-0.3, -0.25) is 0 Å². The lowest BCUT2D eigenvalue weighted by Gasteiger charge is -2.35. The first-order chi connectivity index (χ1) is 11.0. The Morgan fingerprint density at radius 2 is 1.74 bits per heavy atom. The molecule has 3 aliphatic rings. The minimum absolute atomic E-state index is 0.426. The first-order valence-electron chi connectivity index (χ1n) is 9.57. The lowest BCUT2D eigenvalue weighted by molar-refractivity contribution is 0.333. The summed E-state index contributed by atoms with van der Waals surface area (Å²) in [4.78, 5) is 0. The molecule has 1 spiro atoms. The van der Waals surface area contributed by atoms with E-state index in [-0.39, 0.29) is 0 Å². The minimum Gasteiger partial charge on any atom is -0.0761 e. The Kier molecular flexibility index (Phi) is 3.55. The summed E-state index contributed by atoms with van der Waals surface area (Å²) in [5.41, 5.74) is 6.81. The summed E-state index contributed by atoms with van der Waals surface area (Å²) in [5, 5.41) is 0. The van der Waals surface area contributed by atoms with Gasteiger partial charge in [-0.05, 0) is 52.9 Å². The Labute approximate surface area is 141 Å². The highest BCUT2D eigenvalue weighted by atomic mass is 14.5. The Bertz CT molecular complexity index is 665. The van der Waals surface area contributed by atoms with Gasteiger partial charge in [-0.2, -0.15) is 0 Å². The molecule has 2 atom stereocenters. The SMILES string of the molecule is CC(C)C1=CC2C(C=C1)c1ccc(C(C)C)cc1C21CCCC1. The van der Waals surface area contributed by atoms with Crippen LogP contribution < -0.4 is 0 Å². The monoisotopic (exact) mass is 306 g/mol. The molecule has 0 radical (unpaired) electrons. The van der Waals surface area contributed by atoms with Crippen LogP contribution in [0.25, 0.3) is 0 Å². The highest BCUT2D eigenvalue weighted by Gasteiger charge is 2.52. The van der Waals surface area contributed by atoms with E-state index in [1.54, 1.807) is 16.7 Å². The van der Waals surface area contributed by atoms with Crippen molar-refractivity contribution >= 4 is 0 Å². The van der Waals surface area contributed by atoms with E-state index < -0.39 is 0 Å². The third-order valence-electron chi connectivity index (χ3n) is 6.69. The zero-order chi connectivity index (χ0) is 16.2. The fourth-order valence-electron chi connectivity index (χ4n) is 5.33. The fraction of sp³-hybridized carbons (Fsp3) is 0.565. The first kappa shape index (κ1) is 15.2. The standard InChI is InChI=1S/C23H30/c1-15(2)17-7-9-19-20-10-8-18(16(3)4)14-22(20)23(21(19)13-17)11-5-6-12-23/h7-10,13-16,19,21H,5-6,11-12H2,1-4H3. The minimum atomic E-state index is 0.426. The van der Waals surface area contributed by atoms with Crippen LogP contribution >= 0.6 is 0 Å². The van der Waals surface area contributed by atoms with Crippen molar-refractivity contribution in [1.29, 1.82) is 0 Å². The van der Waals surface area contributed by atoms with Crippen LogP contribution in [0, 0.1) is 11.8 Å². The largest absolute Gasteiger partial charge is 0.0761 e. The zero-order valence-electron chi connectivity index (χ0n) is 15.1. The number of fused-ring (bicyclic) bond motifs is 5. The van der Waals surface area contributed by atoms with Gasteiger partial charge < -0.3 is 0 Å². The van der Waals surface area contributed by atoms with Crippen molar-refractivity contribution in [2.24, 2.45) is 11.8 Å². The van der Waals surface area contributed by atoms with Crippen molar-refractivity contribution in [3.63, 3.8) is 0 Å². The molecule has 0 heteroatoms. The van der Waals surface area contributed by atoms with E-state index in [1.165, 1.54) is 31.2 Å². The summed E-state index contributed by atoms with van der Waals surface area (Å²) in [5.74, 6) is 2.58. The van der Waals surface area contributed by atoms with E-state index in [0.29, 0.717) is 29.1 Å². The van der Waals surface area contributed by atoms with E-state index in [0.717, 1.165) is 0 Å². The molecule has 0 nitrogen and oxygen atoms in total. The van der Waals surface area contributed by atoms with Gasteiger partial charge in [-0.15, -0.1) is 0 Å². The van der Waals surface area contributed by atoms with Crippen LogP contribution in [0.5, 0.6) is 0 Å². The second-order valence-corrected chi connectivity index (χ2v) is 8.60. The molecule has 1 aromatic carbocycles. The Hall–Kier alpha value is -1.30. The second kappa shape index (κ2) is 5.36. The third kappa shape index (κ3) is 2.17. The molecule has 0 bridgehead atoms. The van der Waals surface area contributed by atoms with E-state index in [4.69, 9.17) is 0 Å². The van der Waals surface area contributed by atoms with Crippen LogP contribution in [0.2, 0.25) is 0 Å². The molecular formula is C23H30. The number of benzene rings is 1. The van der Waals surface area contributed by atoms with Gasteiger partial charge in [-0.25, -0.2) is 0 Å². The predicted molar refractivity (Wildman–Crippen MR) is 99.0 cm³/mol. The molecule has 4 rings (SSSR count). The van der Waals surface area contributed by atoms with Crippen LogP contribution in [-0.2, 0) is 5.41 Å². The van der Waals surface area contributed by atoms with E-state index >= 15 is 0 Å². The van der Waals surface area contributed by atoms with Gasteiger partial charge in [0.25, 0.3) is 0 Å². The molecular weight excluding hydrogens is 276 g/mol. The molecule has 0 N–H and O–H groups in total. The summed E-state index contributed by atoms with van der Waals surface area (Å²) in [6, 6.07) is 7.40. The Balaban J connectivity index is 1.87. The number of hydrogen-bond acceptors (Lipinski definition) is 0. The Morgan fingerprint density at radius 3 is 2.39 bits per heavy atom. The van der Waals surface area contributed by atoms with E-state index in [2.05, 4.69) is 64.1 Å². The molecule has 1 fully saturated rings. The van der Waals surface area contributed by atoms with Crippen LogP contribution in [0.4, 0.5) is 0 Å². The number of rotatable bonds is 2. The van der Waals surface area contributed by atoms with Crippen molar-refractivity contribution < 1.29 is 0 Å². The average molecular weight is 306 g/mol. The molecule has 0 amide bonds. The quantitative estimate of drug-likeness (QED) is 0.586. The van der Waals surface area contributed by atoms with Crippen molar-refractivity contribution in [1.82, 2.24) is 0 Å². The van der Waals surface area contributed by atoms with Crippen LogP contribution in [-0.4, -0.2) is 0 Å². The maximum Gasteiger partial charge on any atom is 0.00957 e. The summed E-state index contributed by atoms with van der Waals surface area (Å²) >= 11 is 0. The predicted octanol–water partition coefficient (Wildman–Crippen LogP) is 6.49. The van der Waals surface area contributed by atoms with Crippen molar-refractivity contribution in [3.8, 4) is 0 Å². The maximum atomic E-state index is 2.65. The fourth-order valence-corrected chi connectivity index (χ4v) is 5.33. The highest BCUT2D eigenvalue weighted by molar-refractivity contribution is 5.53. The van der Waals surface area contributed by atoms with Crippen LogP contribution in [0.1, 0.15) is 81.9 Å². The van der Waals surface area contributed by atoms with E-state index in [1.807, 2.05) is 0 Å². The van der Waals surface area contributed by atoms with Crippen molar-refractivity contribution in [2.75, 3.05) is 0 Å². The van der Waals surface area contributed by atoms with Crippen molar-refractivity contribution in [3.05, 3.63) is 58.7 Å². The van der Waals surface area contributed by atoms with Gasteiger partial charge in [0.1, 0.15) is 0 Å². The molecule has 0 saturated heterocycles. The summed E-state index contributed by atoms with van der Waals surface area (Å²) in [7, 11) is 0. The topological polar surface area (TPSA) is 0 Å². The molecule has 23 heavy (non-hydrogen) atoms. The summed E-state index contributed by atoms with van der Waals surface area (Å²) in [6.07, 6.45) is 13.2. The van der Waals surface area contributed by atoms with Gasteiger partial charge in [0.05, 0.1) is 0 Å². The number of hydrogen-bond donors (Lipinski definition) is 0. The van der Waals surface area contributed by atoms with E-state index in [9.17, 15) is 0 Å². The van der Waals surface area contributed by atoms with Gasteiger partial charge in [0.2, 0.25) is 0 Å². The van der Waals surface area contributed by atoms with Gasteiger partial charge in [0.15, 0.2) is 0 Å². The first-order valence-corrected chi connectivity index (χ1v) is 9.57. The molecule has 122 valence electrons. The lowest BCUT2D eigenvalue weighted by atomic mass is 9.68. The molecule has 1 aromatic rings. The normalized spacial score (nSPS) is 27.7. The molecule has 2 unspecified atom stereocenters. The van der Waals surface area contributed by atoms with Gasteiger partial charge in [0, 0.05) is 11.3 Å².